The van der Waals surface area contributed by atoms with E-state index in [1.165, 1.54) is 0 Å². The summed E-state index contributed by atoms with van der Waals surface area (Å²) in [4.78, 5) is 0. The van der Waals surface area contributed by atoms with Crippen LogP contribution < -0.4 is 5.73 Å². The summed E-state index contributed by atoms with van der Waals surface area (Å²) in [5.41, 5.74) is 8.27. The molecular weight excluding hydrogens is 140 g/mol. The topological polar surface area (TPSA) is 52.0 Å². The fourth-order valence-corrected chi connectivity index (χ4v) is 1.10. The molecule has 0 fully saturated rings. The molecule has 3 nitrogen and oxygen atoms in total. The molecule has 2 aromatic rings. The number of nitrogens with zero attached hydrogens (tertiary/aromatic N) is 1. The summed E-state index contributed by atoms with van der Waals surface area (Å²) in [6.45, 7) is 1.95. The second-order valence-corrected chi connectivity index (χ2v) is 2.52. The van der Waals surface area contributed by atoms with Crippen molar-refractivity contribution in [3.63, 3.8) is 0 Å². The zero-order chi connectivity index (χ0) is 7.84. The van der Waals surface area contributed by atoms with E-state index in [1.807, 2.05) is 19.1 Å². The molecule has 0 spiro atoms. The Hall–Kier alpha value is -1.51. The van der Waals surface area contributed by atoms with E-state index in [0.717, 1.165) is 22.2 Å². The molecule has 0 atom stereocenters. The quantitative estimate of drug-likeness (QED) is 0.578. The van der Waals surface area contributed by atoms with Gasteiger partial charge in [-0.15, -0.1) is 0 Å². The lowest BCUT2D eigenvalue weighted by molar-refractivity contribution is 0.456. The van der Waals surface area contributed by atoms with Crippen molar-refractivity contribution in [3.8, 4) is 0 Å². The van der Waals surface area contributed by atoms with Crippen LogP contribution in [-0.2, 0) is 0 Å². The van der Waals surface area contributed by atoms with Gasteiger partial charge in [0.15, 0.2) is 5.58 Å². The van der Waals surface area contributed by atoms with Crippen LogP contribution in [-0.4, -0.2) is 5.16 Å². The van der Waals surface area contributed by atoms with Gasteiger partial charge < -0.3 is 10.3 Å². The van der Waals surface area contributed by atoms with Gasteiger partial charge in [0.25, 0.3) is 0 Å². The maximum absolute atomic E-state index is 5.68. The summed E-state index contributed by atoms with van der Waals surface area (Å²) in [6, 6.07) is 3.65. The number of anilines is 1. The maximum Gasteiger partial charge on any atom is 0.167 e. The third kappa shape index (κ3) is 0.774. The summed E-state index contributed by atoms with van der Waals surface area (Å²) in [5.74, 6) is 0. The van der Waals surface area contributed by atoms with Gasteiger partial charge in [0.1, 0.15) is 0 Å². The van der Waals surface area contributed by atoms with Crippen molar-refractivity contribution < 1.29 is 4.52 Å². The Morgan fingerprint density at radius 1 is 1.45 bits per heavy atom. The molecule has 3 heteroatoms. The standard InChI is InChI=1S/C8H8N2O/c1-5-6-4-10-11-8(6)3-2-7(5)9/h2-4H,9H2,1H3. The third-order valence-electron chi connectivity index (χ3n) is 1.85. The lowest BCUT2D eigenvalue weighted by atomic mass is 10.1. The monoisotopic (exact) mass is 148 g/mol. The van der Waals surface area contributed by atoms with E-state index >= 15 is 0 Å². The first-order chi connectivity index (χ1) is 5.29. The zero-order valence-electron chi connectivity index (χ0n) is 6.16. The summed E-state index contributed by atoms with van der Waals surface area (Å²) < 4.78 is 4.95. The predicted octanol–water partition coefficient (Wildman–Crippen LogP) is 1.72. The molecule has 2 rings (SSSR count). The Labute approximate surface area is 63.8 Å². The van der Waals surface area contributed by atoms with Crippen molar-refractivity contribution in [1.82, 2.24) is 5.16 Å². The first kappa shape index (κ1) is 6.22. The average molecular weight is 148 g/mol. The maximum atomic E-state index is 5.68. The van der Waals surface area contributed by atoms with E-state index in [4.69, 9.17) is 10.3 Å². The van der Waals surface area contributed by atoms with Crippen LogP contribution in [0, 0.1) is 6.92 Å². The smallest absolute Gasteiger partial charge is 0.167 e. The van der Waals surface area contributed by atoms with Crippen LogP contribution in [0.15, 0.2) is 22.9 Å². The Kier molecular flexibility index (Phi) is 1.12. The molecule has 0 radical (unpaired) electrons. The number of aromatic nitrogens is 1. The average Bonchev–Trinajstić information content (AvgIpc) is 2.45. The highest BCUT2D eigenvalue weighted by molar-refractivity contribution is 5.84. The molecule has 1 heterocycles. The van der Waals surface area contributed by atoms with E-state index in [9.17, 15) is 0 Å². The highest BCUT2D eigenvalue weighted by Crippen LogP contribution is 2.22. The van der Waals surface area contributed by atoms with Crippen LogP contribution in [0.5, 0.6) is 0 Å². The molecule has 1 aromatic heterocycles. The van der Waals surface area contributed by atoms with Crippen molar-refractivity contribution in [1.29, 1.82) is 0 Å². The summed E-state index contributed by atoms with van der Waals surface area (Å²) in [7, 11) is 0. The second-order valence-electron chi connectivity index (χ2n) is 2.52. The van der Waals surface area contributed by atoms with Gasteiger partial charge in [-0.3, -0.25) is 0 Å². The van der Waals surface area contributed by atoms with E-state index < -0.39 is 0 Å². The molecule has 2 N–H and O–H groups in total. The normalized spacial score (nSPS) is 10.6. The predicted molar refractivity (Wildman–Crippen MR) is 43.2 cm³/mol. The van der Waals surface area contributed by atoms with E-state index in [2.05, 4.69) is 5.16 Å². The molecule has 1 aromatic carbocycles. The lowest BCUT2D eigenvalue weighted by Gasteiger charge is -1.97. The van der Waals surface area contributed by atoms with Gasteiger partial charge in [0.2, 0.25) is 0 Å². The van der Waals surface area contributed by atoms with Crippen molar-refractivity contribution >= 4 is 16.7 Å². The van der Waals surface area contributed by atoms with E-state index in [0.29, 0.717) is 0 Å². The third-order valence-corrected chi connectivity index (χ3v) is 1.85. The number of hydrogen-bond donors (Lipinski definition) is 1. The highest BCUT2D eigenvalue weighted by atomic mass is 16.5. The number of hydrogen-bond acceptors (Lipinski definition) is 3. The van der Waals surface area contributed by atoms with Crippen LogP contribution in [0.4, 0.5) is 5.69 Å². The Bertz CT molecular complexity index is 392. The number of rotatable bonds is 0. The molecule has 0 bridgehead atoms. The zero-order valence-corrected chi connectivity index (χ0v) is 6.16. The van der Waals surface area contributed by atoms with Crippen molar-refractivity contribution in [2.45, 2.75) is 6.92 Å². The number of nitrogens with two attached hydrogens (primary N) is 1. The van der Waals surface area contributed by atoms with Crippen molar-refractivity contribution in [3.05, 3.63) is 23.9 Å². The number of fused-ring (bicyclic) bond motifs is 1. The van der Waals surface area contributed by atoms with Gasteiger partial charge in [0.05, 0.1) is 6.20 Å². The number of benzene rings is 1. The summed E-state index contributed by atoms with van der Waals surface area (Å²) in [5, 5.41) is 4.66. The van der Waals surface area contributed by atoms with Gasteiger partial charge in [0, 0.05) is 11.1 Å². The minimum atomic E-state index is 0.778. The van der Waals surface area contributed by atoms with Crippen molar-refractivity contribution in [2.75, 3.05) is 5.73 Å². The van der Waals surface area contributed by atoms with Gasteiger partial charge in [-0.1, -0.05) is 5.16 Å². The Balaban J connectivity index is 2.93. The van der Waals surface area contributed by atoms with E-state index in [-0.39, 0.29) is 0 Å². The summed E-state index contributed by atoms with van der Waals surface area (Å²) >= 11 is 0. The van der Waals surface area contributed by atoms with E-state index in [1.54, 1.807) is 6.20 Å². The molecule has 56 valence electrons. The van der Waals surface area contributed by atoms with Gasteiger partial charge >= 0.3 is 0 Å². The largest absolute Gasteiger partial charge is 0.398 e. The SMILES string of the molecule is Cc1c(N)ccc2oncc12. The fraction of sp³-hybridized carbons (Fsp3) is 0.125. The van der Waals surface area contributed by atoms with Gasteiger partial charge in [-0.05, 0) is 24.6 Å². The number of nitrogen functional groups attached to an aromatic ring is 1. The van der Waals surface area contributed by atoms with Crippen LogP contribution in [0.2, 0.25) is 0 Å². The molecular formula is C8H8N2O. The Morgan fingerprint density at radius 2 is 2.27 bits per heavy atom. The lowest BCUT2D eigenvalue weighted by Crippen LogP contribution is -1.87. The second kappa shape index (κ2) is 1.99. The number of aryl methyl sites for hydroxylation is 1. The molecule has 0 amide bonds. The van der Waals surface area contributed by atoms with Crippen molar-refractivity contribution in [2.24, 2.45) is 0 Å². The molecule has 0 unspecified atom stereocenters. The van der Waals surface area contributed by atoms with Gasteiger partial charge in [-0.25, -0.2) is 0 Å². The molecule has 0 saturated carbocycles. The molecule has 11 heavy (non-hydrogen) atoms. The fourth-order valence-electron chi connectivity index (χ4n) is 1.10. The van der Waals surface area contributed by atoms with Crippen LogP contribution in [0.3, 0.4) is 0 Å². The molecule has 0 saturated heterocycles. The molecule has 0 aliphatic heterocycles. The molecule has 0 aliphatic rings. The minimum Gasteiger partial charge on any atom is -0.398 e. The van der Waals surface area contributed by atoms with Crippen LogP contribution >= 0.6 is 0 Å². The Morgan fingerprint density at radius 3 is 3.09 bits per heavy atom. The highest BCUT2D eigenvalue weighted by Gasteiger charge is 2.02. The first-order valence-electron chi connectivity index (χ1n) is 3.38. The minimum absolute atomic E-state index is 0.778. The molecule has 0 aliphatic carbocycles. The van der Waals surface area contributed by atoms with Crippen LogP contribution in [0.25, 0.3) is 11.0 Å². The first-order valence-corrected chi connectivity index (χ1v) is 3.38. The van der Waals surface area contributed by atoms with Gasteiger partial charge in [-0.2, -0.15) is 0 Å². The summed E-state index contributed by atoms with van der Waals surface area (Å²) in [6.07, 6.45) is 1.68. The van der Waals surface area contributed by atoms with Crippen LogP contribution in [0.1, 0.15) is 5.56 Å².